The molecule has 0 radical (unpaired) electrons. The van der Waals surface area contributed by atoms with Gasteiger partial charge in [-0.3, -0.25) is 4.98 Å². The van der Waals surface area contributed by atoms with Crippen LogP contribution in [-0.4, -0.2) is 43.4 Å². The third kappa shape index (κ3) is 5.12. The minimum absolute atomic E-state index is 0.193. The van der Waals surface area contributed by atoms with Crippen molar-refractivity contribution >= 4 is 26.6 Å². The molecule has 1 aliphatic rings. The lowest BCUT2D eigenvalue weighted by atomic mass is 9.92. The first kappa shape index (κ1) is 26.2. The van der Waals surface area contributed by atoms with Gasteiger partial charge in [-0.05, 0) is 41.7 Å². The number of rotatable bonds is 7. The van der Waals surface area contributed by atoms with E-state index in [1.165, 1.54) is 5.56 Å². The van der Waals surface area contributed by atoms with Gasteiger partial charge in [0.25, 0.3) is 0 Å². The van der Waals surface area contributed by atoms with Crippen LogP contribution in [0.5, 0.6) is 0 Å². The first-order chi connectivity index (χ1) is 19.5. The Balaban J connectivity index is 1.38. The van der Waals surface area contributed by atoms with Gasteiger partial charge in [-0.15, -0.1) is 0 Å². The Morgan fingerprint density at radius 2 is 1.50 bits per heavy atom. The first-order valence-corrected chi connectivity index (χ1v) is 15.3. The van der Waals surface area contributed by atoms with E-state index in [2.05, 4.69) is 77.5 Å². The van der Waals surface area contributed by atoms with Crippen LogP contribution >= 0.6 is 0 Å². The van der Waals surface area contributed by atoms with Crippen molar-refractivity contribution in [1.82, 2.24) is 9.29 Å². The van der Waals surface area contributed by atoms with Crippen LogP contribution in [0.2, 0.25) is 0 Å². The van der Waals surface area contributed by atoms with Crippen molar-refractivity contribution < 1.29 is 8.42 Å². The van der Waals surface area contributed by atoms with Gasteiger partial charge in [0.1, 0.15) is 4.90 Å². The smallest absolute Gasteiger partial charge is 0.245 e. The number of aromatic nitrogens is 1. The molecule has 0 aliphatic carbocycles. The van der Waals surface area contributed by atoms with E-state index in [0.717, 1.165) is 22.2 Å². The Kier molecular flexibility index (Phi) is 7.37. The van der Waals surface area contributed by atoms with Gasteiger partial charge in [-0.2, -0.15) is 4.31 Å². The fourth-order valence-electron chi connectivity index (χ4n) is 5.91. The van der Waals surface area contributed by atoms with Crippen molar-refractivity contribution in [2.45, 2.75) is 30.2 Å². The van der Waals surface area contributed by atoms with Crippen LogP contribution in [0.25, 0.3) is 22.0 Å². The van der Waals surface area contributed by atoms with Crippen LogP contribution in [0.15, 0.2) is 126 Å². The average molecular weight is 548 g/mol. The third-order valence-electron chi connectivity index (χ3n) is 7.93. The number of nitrogens with zero attached hydrogens (tertiary/aromatic N) is 3. The number of hydrogen-bond donors (Lipinski definition) is 0. The van der Waals surface area contributed by atoms with Crippen molar-refractivity contribution in [3.63, 3.8) is 0 Å². The topological polar surface area (TPSA) is 53.5 Å². The summed E-state index contributed by atoms with van der Waals surface area (Å²) < 4.78 is 30.4. The molecule has 202 valence electrons. The Hall–Kier alpha value is -4.00. The zero-order valence-electron chi connectivity index (χ0n) is 22.6. The van der Waals surface area contributed by atoms with Crippen LogP contribution in [0.4, 0.5) is 5.69 Å². The number of para-hydroxylation sites is 2. The summed E-state index contributed by atoms with van der Waals surface area (Å²) in [6.45, 7) is 3.81. The van der Waals surface area contributed by atoms with E-state index in [1.807, 2.05) is 48.5 Å². The molecule has 1 fully saturated rings. The molecule has 2 heterocycles. The minimum atomic E-state index is -3.79. The number of sulfonamides is 1. The molecule has 0 spiro atoms. The van der Waals surface area contributed by atoms with Crippen molar-refractivity contribution in [1.29, 1.82) is 0 Å². The molecule has 5 nitrogen and oxygen atoms in total. The molecule has 0 amide bonds. The summed E-state index contributed by atoms with van der Waals surface area (Å²) in [6.07, 6.45) is 2.38. The molecule has 6 rings (SSSR count). The van der Waals surface area contributed by atoms with E-state index < -0.39 is 10.0 Å². The lowest BCUT2D eigenvalue weighted by Crippen LogP contribution is -2.55. The average Bonchev–Trinajstić information content (AvgIpc) is 3.01. The van der Waals surface area contributed by atoms with Crippen molar-refractivity contribution in [2.75, 3.05) is 24.5 Å². The summed E-state index contributed by atoms with van der Waals surface area (Å²) in [5.41, 5.74) is 5.19. The van der Waals surface area contributed by atoms with Gasteiger partial charge < -0.3 is 4.90 Å². The number of fused-ring (bicyclic) bond motifs is 1. The summed E-state index contributed by atoms with van der Waals surface area (Å²) in [6, 6.07) is 38.1. The highest BCUT2D eigenvalue weighted by Gasteiger charge is 2.38. The SMILES string of the molecule is CC(CC1CN(c2ccccc2-c2ccccc2)CCN1S(=O)(=O)c1cccc2cccnc12)c1ccccc1. The molecule has 0 bridgehead atoms. The lowest BCUT2D eigenvalue weighted by molar-refractivity contribution is 0.267. The Morgan fingerprint density at radius 3 is 2.30 bits per heavy atom. The van der Waals surface area contributed by atoms with Gasteiger partial charge in [0.2, 0.25) is 10.0 Å². The Labute approximate surface area is 236 Å². The minimum Gasteiger partial charge on any atom is -0.368 e. The van der Waals surface area contributed by atoms with Gasteiger partial charge in [-0.25, -0.2) is 8.42 Å². The van der Waals surface area contributed by atoms with Crippen LogP contribution in [0, 0.1) is 0 Å². The van der Waals surface area contributed by atoms with Crippen molar-refractivity contribution in [3.05, 3.63) is 127 Å². The van der Waals surface area contributed by atoms with Gasteiger partial charge in [-0.1, -0.05) is 104 Å². The molecule has 1 aliphatic heterocycles. The molecule has 0 N–H and O–H groups in total. The highest BCUT2D eigenvalue weighted by Crippen LogP contribution is 2.36. The predicted octanol–water partition coefficient (Wildman–Crippen LogP) is 6.98. The standard InChI is InChI=1S/C34H33N3O2S/c1-26(27-12-4-2-5-13-27)24-30-25-36(32-19-9-8-18-31(32)28-14-6-3-7-15-28)22-23-37(30)40(38,39)33-20-10-16-29-17-11-21-35-34(29)33/h2-21,26,30H,22-25H2,1H3. The number of hydrogen-bond acceptors (Lipinski definition) is 4. The molecular weight excluding hydrogens is 514 g/mol. The van der Waals surface area contributed by atoms with Crippen molar-refractivity contribution in [2.24, 2.45) is 0 Å². The maximum Gasteiger partial charge on any atom is 0.245 e. The zero-order valence-corrected chi connectivity index (χ0v) is 23.4. The molecule has 0 saturated carbocycles. The van der Waals surface area contributed by atoms with E-state index in [9.17, 15) is 8.42 Å². The molecule has 4 aromatic carbocycles. The summed E-state index contributed by atoms with van der Waals surface area (Å²) in [5, 5.41) is 0.827. The molecule has 6 heteroatoms. The highest BCUT2D eigenvalue weighted by atomic mass is 32.2. The van der Waals surface area contributed by atoms with Crippen LogP contribution in [0.3, 0.4) is 0 Å². The van der Waals surface area contributed by atoms with Crippen LogP contribution in [-0.2, 0) is 10.0 Å². The van der Waals surface area contributed by atoms with Crippen LogP contribution in [0.1, 0.15) is 24.8 Å². The normalized spacial score (nSPS) is 17.1. The van der Waals surface area contributed by atoms with E-state index in [4.69, 9.17) is 0 Å². The predicted molar refractivity (Wildman–Crippen MR) is 163 cm³/mol. The molecule has 2 unspecified atom stereocenters. The maximum atomic E-state index is 14.3. The molecule has 1 saturated heterocycles. The molecule has 2 atom stereocenters. The molecule has 40 heavy (non-hydrogen) atoms. The first-order valence-electron chi connectivity index (χ1n) is 13.8. The third-order valence-corrected chi connectivity index (χ3v) is 9.92. The van der Waals surface area contributed by atoms with Gasteiger partial charge >= 0.3 is 0 Å². The van der Waals surface area contributed by atoms with E-state index >= 15 is 0 Å². The maximum absolute atomic E-state index is 14.3. The summed E-state index contributed by atoms with van der Waals surface area (Å²) >= 11 is 0. The summed E-state index contributed by atoms with van der Waals surface area (Å²) in [7, 11) is -3.79. The Bertz CT molecular complexity index is 1700. The number of piperazine rings is 1. The Morgan fingerprint density at radius 1 is 0.800 bits per heavy atom. The second kappa shape index (κ2) is 11.2. The van der Waals surface area contributed by atoms with Crippen LogP contribution < -0.4 is 4.90 Å². The van der Waals surface area contributed by atoms with Gasteiger partial charge in [0.15, 0.2) is 0 Å². The second-order valence-corrected chi connectivity index (χ2v) is 12.3. The fraction of sp³-hybridized carbons (Fsp3) is 0.206. The molecule has 1 aromatic heterocycles. The summed E-state index contributed by atoms with van der Waals surface area (Å²) in [4.78, 5) is 7.11. The van der Waals surface area contributed by atoms with E-state index in [0.29, 0.717) is 31.6 Å². The van der Waals surface area contributed by atoms with E-state index in [1.54, 1.807) is 16.6 Å². The number of benzene rings is 4. The number of anilines is 1. The highest BCUT2D eigenvalue weighted by molar-refractivity contribution is 7.89. The summed E-state index contributed by atoms with van der Waals surface area (Å²) in [5.74, 6) is 0.193. The largest absolute Gasteiger partial charge is 0.368 e. The monoisotopic (exact) mass is 547 g/mol. The zero-order chi connectivity index (χ0) is 27.5. The quantitative estimate of drug-likeness (QED) is 0.221. The van der Waals surface area contributed by atoms with Crippen molar-refractivity contribution in [3.8, 4) is 11.1 Å². The van der Waals surface area contributed by atoms with E-state index in [-0.39, 0.29) is 16.9 Å². The number of pyridine rings is 1. The fourth-order valence-corrected chi connectivity index (χ4v) is 7.70. The van der Waals surface area contributed by atoms with Gasteiger partial charge in [0.05, 0.1) is 5.52 Å². The van der Waals surface area contributed by atoms with Gasteiger partial charge in [0, 0.05) is 48.5 Å². The molecular formula is C34H33N3O2S. The lowest BCUT2D eigenvalue weighted by Gasteiger charge is -2.43. The second-order valence-electron chi connectivity index (χ2n) is 10.5. The molecule has 5 aromatic rings.